The molecule has 0 aromatic carbocycles. The van der Waals surface area contributed by atoms with Crippen LogP contribution < -0.4 is 5.32 Å². The first kappa shape index (κ1) is 9.61. The van der Waals surface area contributed by atoms with Gasteiger partial charge in [0.1, 0.15) is 12.2 Å². The van der Waals surface area contributed by atoms with Gasteiger partial charge in [-0.2, -0.15) is 0 Å². The summed E-state index contributed by atoms with van der Waals surface area (Å²) in [7, 11) is 1.99. The summed E-state index contributed by atoms with van der Waals surface area (Å²) >= 11 is 0. The Hall–Kier alpha value is -0.940. The molecule has 14 heavy (non-hydrogen) atoms. The number of nitrogens with one attached hydrogen (secondary N) is 1. The molecule has 5 nitrogen and oxygen atoms in total. The van der Waals surface area contributed by atoms with E-state index in [1.807, 2.05) is 13.4 Å². The Kier molecular flexibility index (Phi) is 2.79. The molecule has 0 aliphatic carbocycles. The number of nitrogens with zero attached hydrogens (tertiary/aromatic N) is 4. The van der Waals surface area contributed by atoms with Crippen molar-refractivity contribution in [2.24, 2.45) is 0 Å². The second-order valence-electron chi connectivity index (χ2n) is 3.82. The van der Waals surface area contributed by atoms with E-state index in [0.717, 1.165) is 32.0 Å². The highest BCUT2D eigenvalue weighted by Gasteiger charge is 2.20. The lowest BCUT2D eigenvalue weighted by molar-refractivity contribution is 0.161. The molecule has 0 amide bonds. The van der Waals surface area contributed by atoms with Crippen LogP contribution in [-0.2, 0) is 13.1 Å². The van der Waals surface area contributed by atoms with Gasteiger partial charge in [-0.1, -0.05) is 0 Å². The summed E-state index contributed by atoms with van der Waals surface area (Å²) in [5.74, 6) is 1.08. The largest absolute Gasteiger partial charge is 0.318 e. The van der Waals surface area contributed by atoms with Gasteiger partial charge in [-0.15, -0.1) is 10.2 Å². The number of hydrogen-bond acceptors (Lipinski definition) is 4. The van der Waals surface area contributed by atoms with Crippen molar-refractivity contribution in [2.75, 3.05) is 20.1 Å². The monoisotopic (exact) mass is 195 g/mol. The Morgan fingerprint density at radius 1 is 1.57 bits per heavy atom. The maximum Gasteiger partial charge on any atom is 0.147 e. The molecule has 0 saturated heterocycles. The highest BCUT2D eigenvalue weighted by molar-refractivity contribution is 4.91. The first-order valence-electron chi connectivity index (χ1n) is 5.06. The van der Waals surface area contributed by atoms with Crippen molar-refractivity contribution in [1.82, 2.24) is 25.0 Å². The van der Waals surface area contributed by atoms with Gasteiger partial charge in [0.25, 0.3) is 0 Å². The van der Waals surface area contributed by atoms with Crippen LogP contribution in [0.1, 0.15) is 12.7 Å². The van der Waals surface area contributed by atoms with E-state index in [-0.39, 0.29) is 0 Å². The van der Waals surface area contributed by atoms with E-state index in [9.17, 15) is 0 Å². The summed E-state index contributed by atoms with van der Waals surface area (Å²) < 4.78 is 2.13. The SMILES string of the molecule is CNCC(C)N1CCn2cnnc2C1. The molecule has 78 valence electrons. The predicted molar refractivity (Wildman–Crippen MR) is 53.8 cm³/mol. The van der Waals surface area contributed by atoms with Crippen molar-refractivity contribution >= 4 is 0 Å². The smallest absolute Gasteiger partial charge is 0.147 e. The van der Waals surface area contributed by atoms with Gasteiger partial charge in [-0.05, 0) is 14.0 Å². The van der Waals surface area contributed by atoms with E-state index in [0.29, 0.717) is 6.04 Å². The van der Waals surface area contributed by atoms with Crippen LogP contribution in [0.2, 0.25) is 0 Å². The van der Waals surface area contributed by atoms with Crippen molar-refractivity contribution < 1.29 is 0 Å². The molecule has 1 unspecified atom stereocenters. The summed E-state index contributed by atoms with van der Waals surface area (Å²) in [4.78, 5) is 2.43. The zero-order valence-electron chi connectivity index (χ0n) is 8.77. The molecule has 0 radical (unpaired) electrons. The van der Waals surface area contributed by atoms with E-state index in [1.54, 1.807) is 0 Å². The maximum atomic E-state index is 4.10. The van der Waals surface area contributed by atoms with Gasteiger partial charge in [-0.3, -0.25) is 4.90 Å². The minimum Gasteiger partial charge on any atom is -0.318 e. The molecule has 1 N–H and O–H groups in total. The van der Waals surface area contributed by atoms with Gasteiger partial charge < -0.3 is 9.88 Å². The summed E-state index contributed by atoms with van der Waals surface area (Å²) in [6, 6.07) is 0.561. The van der Waals surface area contributed by atoms with Gasteiger partial charge in [0.2, 0.25) is 0 Å². The molecule has 2 heterocycles. The van der Waals surface area contributed by atoms with E-state index >= 15 is 0 Å². The third kappa shape index (κ3) is 1.78. The summed E-state index contributed by atoms with van der Waals surface area (Å²) in [5.41, 5.74) is 0. The Morgan fingerprint density at radius 3 is 3.21 bits per heavy atom. The van der Waals surface area contributed by atoms with Crippen LogP contribution in [-0.4, -0.2) is 45.8 Å². The second kappa shape index (κ2) is 4.06. The number of likely N-dealkylation sites (N-methyl/N-ethyl adjacent to an activating group) is 1. The van der Waals surface area contributed by atoms with Crippen LogP contribution in [0, 0.1) is 0 Å². The molecule has 1 aromatic heterocycles. The Balaban J connectivity index is 2.00. The fourth-order valence-corrected chi connectivity index (χ4v) is 1.89. The molecule has 0 spiro atoms. The molecule has 0 bridgehead atoms. The Bertz CT molecular complexity index is 295. The van der Waals surface area contributed by atoms with E-state index in [2.05, 4.69) is 31.9 Å². The summed E-state index contributed by atoms with van der Waals surface area (Å²) in [5, 5.41) is 11.2. The maximum absolute atomic E-state index is 4.10. The topological polar surface area (TPSA) is 46.0 Å². The number of aromatic nitrogens is 3. The van der Waals surface area contributed by atoms with Crippen molar-refractivity contribution in [1.29, 1.82) is 0 Å². The summed E-state index contributed by atoms with van der Waals surface area (Å²) in [6.07, 6.45) is 1.81. The first-order valence-corrected chi connectivity index (χ1v) is 5.06. The quantitative estimate of drug-likeness (QED) is 0.719. The number of fused-ring (bicyclic) bond motifs is 1. The molecule has 1 aliphatic rings. The van der Waals surface area contributed by atoms with E-state index in [4.69, 9.17) is 0 Å². The highest BCUT2D eigenvalue weighted by Crippen LogP contribution is 2.11. The standard InChI is InChI=1S/C9H17N5/c1-8(5-10-2)13-3-4-14-7-11-12-9(14)6-13/h7-8,10H,3-6H2,1-2H3. The molecule has 0 saturated carbocycles. The Morgan fingerprint density at radius 2 is 2.43 bits per heavy atom. The van der Waals surface area contributed by atoms with Gasteiger partial charge in [0, 0.05) is 25.7 Å². The molecular weight excluding hydrogens is 178 g/mol. The summed E-state index contributed by atoms with van der Waals surface area (Å²) in [6.45, 7) is 6.28. The normalized spacial score (nSPS) is 19.3. The minimum atomic E-state index is 0.561. The van der Waals surface area contributed by atoms with Gasteiger partial charge >= 0.3 is 0 Å². The third-order valence-corrected chi connectivity index (χ3v) is 2.79. The van der Waals surface area contributed by atoms with E-state index in [1.165, 1.54) is 0 Å². The Labute approximate surface area is 84.1 Å². The first-order chi connectivity index (χ1) is 6.81. The molecule has 2 rings (SSSR count). The fourth-order valence-electron chi connectivity index (χ4n) is 1.89. The van der Waals surface area contributed by atoms with Crippen LogP contribution >= 0.6 is 0 Å². The van der Waals surface area contributed by atoms with Crippen LogP contribution in [0.15, 0.2) is 6.33 Å². The molecule has 1 aromatic rings. The van der Waals surface area contributed by atoms with Crippen LogP contribution in [0.4, 0.5) is 0 Å². The minimum absolute atomic E-state index is 0.561. The van der Waals surface area contributed by atoms with Gasteiger partial charge in [0.05, 0.1) is 6.54 Å². The van der Waals surface area contributed by atoms with E-state index < -0.39 is 0 Å². The molecule has 5 heteroatoms. The highest BCUT2D eigenvalue weighted by atomic mass is 15.3. The van der Waals surface area contributed by atoms with Crippen molar-refractivity contribution in [3.63, 3.8) is 0 Å². The zero-order chi connectivity index (χ0) is 9.97. The van der Waals surface area contributed by atoms with Gasteiger partial charge in [-0.25, -0.2) is 0 Å². The molecule has 1 atom stereocenters. The van der Waals surface area contributed by atoms with Crippen LogP contribution in [0.3, 0.4) is 0 Å². The zero-order valence-corrected chi connectivity index (χ0v) is 8.77. The van der Waals surface area contributed by atoms with Crippen molar-refractivity contribution in [2.45, 2.75) is 26.1 Å². The fraction of sp³-hybridized carbons (Fsp3) is 0.778. The predicted octanol–water partition coefficient (Wildman–Crippen LogP) is -0.298. The average Bonchev–Trinajstić information content (AvgIpc) is 2.64. The second-order valence-corrected chi connectivity index (χ2v) is 3.82. The lowest BCUT2D eigenvalue weighted by Gasteiger charge is -2.32. The number of rotatable bonds is 3. The van der Waals surface area contributed by atoms with Crippen molar-refractivity contribution in [3.05, 3.63) is 12.2 Å². The van der Waals surface area contributed by atoms with Crippen molar-refractivity contribution in [3.8, 4) is 0 Å². The lowest BCUT2D eigenvalue weighted by Crippen LogP contribution is -2.43. The molecule has 1 aliphatic heterocycles. The third-order valence-electron chi connectivity index (χ3n) is 2.79. The molecule has 0 fully saturated rings. The number of hydrogen-bond donors (Lipinski definition) is 1. The van der Waals surface area contributed by atoms with Gasteiger partial charge in [0.15, 0.2) is 0 Å². The molecular formula is C9H17N5. The average molecular weight is 195 g/mol. The van der Waals surface area contributed by atoms with Crippen LogP contribution in [0.25, 0.3) is 0 Å². The lowest BCUT2D eigenvalue weighted by atomic mass is 10.2. The van der Waals surface area contributed by atoms with Crippen LogP contribution in [0.5, 0.6) is 0 Å².